The molecule has 21 heavy (non-hydrogen) atoms. The summed E-state index contributed by atoms with van der Waals surface area (Å²) in [5, 5.41) is 9.20. The second-order valence-corrected chi connectivity index (χ2v) is 5.23. The van der Waals surface area contributed by atoms with Gasteiger partial charge in [-0.05, 0) is 42.2 Å². The van der Waals surface area contributed by atoms with Crippen LogP contribution in [0.1, 0.15) is 21.5 Å². The number of halogens is 1. The molecule has 0 radical (unpaired) electrons. The first kappa shape index (κ1) is 13.6. The first-order chi connectivity index (χ1) is 10.1. The van der Waals surface area contributed by atoms with Gasteiger partial charge in [0.05, 0.1) is 0 Å². The predicted octanol–water partition coefficient (Wildman–Crippen LogP) is 2.77. The lowest BCUT2D eigenvalue weighted by Crippen LogP contribution is -2.33. The van der Waals surface area contributed by atoms with Gasteiger partial charge >= 0.3 is 0 Å². The van der Waals surface area contributed by atoms with Crippen molar-refractivity contribution in [3.63, 3.8) is 0 Å². The van der Waals surface area contributed by atoms with Gasteiger partial charge in [-0.3, -0.25) is 4.79 Å². The minimum atomic E-state index is -0.765. The molecule has 0 aliphatic carbocycles. The second-order valence-electron chi connectivity index (χ2n) is 5.23. The van der Waals surface area contributed by atoms with Crippen LogP contribution in [-0.2, 0) is 12.8 Å². The normalized spacial score (nSPS) is 14.4. The number of carbonyl (C=O) groups excluding carboxylic acids is 1. The van der Waals surface area contributed by atoms with E-state index in [0.717, 1.165) is 18.9 Å². The average molecular weight is 285 g/mol. The van der Waals surface area contributed by atoms with E-state index in [0.29, 0.717) is 13.1 Å². The molecule has 1 aliphatic heterocycles. The number of phenols is 1. The third-order valence-electron chi connectivity index (χ3n) is 3.90. The van der Waals surface area contributed by atoms with Crippen LogP contribution in [0.4, 0.5) is 4.39 Å². The van der Waals surface area contributed by atoms with Gasteiger partial charge in [-0.2, -0.15) is 0 Å². The molecule has 0 atom stereocenters. The standard InChI is InChI=1S/C17H16FNO2/c18-15-11-14(5-6-16(15)20)17(21)19-9-7-12-3-1-2-4-13(12)8-10-19/h1-6,11,20H,7-10H2. The van der Waals surface area contributed by atoms with Crippen molar-refractivity contribution in [2.45, 2.75) is 12.8 Å². The molecule has 0 saturated heterocycles. The van der Waals surface area contributed by atoms with E-state index in [4.69, 9.17) is 0 Å². The molecule has 1 aliphatic rings. The van der Waals surface area contributed by atoms with E-state index >= 15 is 0 Å². The predicted molar refractivity (Wildman–Crippen MR) is 77.8 cm³/mol. The van der Waals surface area contributed by atoms with E-state index in [1.165, 1.54) is 23.3 Å². The maximum atomic E-state index is 13.4. The van der Waals surface area contributed by atoms with Crippen LogP contribution < -0.4 is 0 Å². The van der Waals surface area contributed by atoms with Gasteiger partial charge in [0.1, 0.15) is 0 Å². The number of fused-ring (bicyclic) bond motifs is 1. The summed E-state index contributed by atoms with van der Waals surface area (Å²) in [5.74, 6) is -1.39. The second kappa shape index (κ2) is 5.56. The Labute approximate surface area is 122 Å². The van der Waals surface area contributed by atoms with Gasteiger partial charge in [-0.1, -0.05) is 24.3 Å². The lowest BCUT2D eigenvalue weighted by molar-refractivity contribution is 0.0762. The molecule has 0 bridgehead atoms. The van der Waals surface area contributed by atoms with Crippen molar-refractivity contribution in [3.05, 3.63) is 65.0 Å². The van der Waals surface area contributed by atoms with Crippen molar-refractivity contribution in [3.8, 4) is 5.75 Å². The number of aromatic hydroxyl groups is 1. The summed E-state index contributed by atoms with van der Waals surface area (Å²) in [5.41, 5.74) is 2.81. The van der Waals surface area contributed by atoms with Crippen LogP contribution >= 0.6 is 0 Å². The SMILES string of the molecule is O=C(c1ccc(O)c(F)c1)N1CCc2ccccc2CC1. The van der Waals surface area contributed by atoms with Gasteiger partial charge < -0.3 is 10.0 Å². The molecule has 108 valence electrons. The summed E-state index contributed by atoms with van der Waals surface area (Å²) in [6.45, 7) is 1.25. The molecule has 1 N–H and O–H groups in total. The maximum Gasteiger partial charge on any atom is 0.253 e. The molecule has 2 aromatic rings. The van der Waals surface area contributed by atoms with Gasteiger partial charge in [0.15, 0.2) is 11.6 Å². The van der Waals surface area contributed by atoms with Crippen LogP contribution in [0, 0.1) is 5.82 Å². The van der Waals surface area contributed by atoms with E-state index in [-0.39, 0.29) is 11.5 Å². The Bertz CT molecular complexity index is 657. The molecule has 3 rings (SSSR count). The fourth-order valence-corrected chi connectivity index (χ4v) is 2.69. The smallest absolute Gasteiger partial charge is 0.253 e. The first-order valence-electron chi connectivity index (χ1n) is 7.00. The van der Waals surface area contributed by atoms with E-state index < -0.39 is 11.6 Å². The molecule has 0 aromatic heterocycles. The van der Waals surface area contributed by atoms with Crippen molar-refractivity contribution in [1.29, 1.82) is 0 Å². The van der Waals surface area contributed by atoms with E-state index in [1.54, 1.807) is 4.90 Å². The number of hydrogen-bond acceptors (Lipinski definition) is 2. The van der Waals surface area contributed by atoms with Crippen LogP contribution in [0.5, 0.6) is 5.75 Å². The largest absolute Gasteiger partial charge is 0.505 e. The zero-order valence-electron chi connectivity index (χ0n) is 11.6. The number of carbonyl (C=O) groups is 1. The minimum Gasteiger partial charge on any atom is -0.505 e. The van der Waals surface area contributed by atoms with Gasteiger partial charge in [0.2, 0.25) is 0 Å². The Hall–Kier alpha value is -2.36. The Morgan fingerprint density at radius 2 is 1.67 bits per heavy atom. The number of hydrogen-bond donors (Lipinski definition) is 1. The number of amides is 1. The number of rotatable bonds is 1. The highest BCUT2D eigenvalue weighted by molar-refractivity contribution is 5.94. The van der Waals surface area contributed by atoms with Crippen molar-refractivity contribution >= 4 is 5.91 Å². The summed E-state index contributed by atoms with van der Waals surface area (Å²) in [4.78, 5) is 14.2. The lowest BCUT2D eigenvalue weighted by Gasteiger charge is -2.20. The first-order valence-corrected chi connectivity index (χ1v) is 7.00. The Morgan fingerprint density at radius 3 is 2.24 bits per heavy atom. The molecule has 0 fully saturated rings. The Morgan fingerprint density at radius 1 is 1.05 bits per heavy atom. The monoisotopic (exact) mass is 285 g/mol. The molecule has 1 heterocycles. The zero-order valence-corrected chi connectivity index (χ0v) is 11.6. The molecule has 3 nitrogen and oxygen atoms in total. The van der Waals surface area contributed by atoms with Gasteiger partial charge in [0, 0.05) is 18.7 Å². The van der Waals surface area contributed by atoms with Gasteiger partial charge in [0.25, 0.3) is 5.91 Å². The quantitative estimate of drug-likeness (QED) is 0.875. The van der Waals surface area contributed by atoms with Crippen molar-refractivity contribution < 1.29 is 14.3 Å². The van der Waals surface area contributed by atoms with Crippen LogP contribution in [0.15, 0.2) is 42.5 Å². The van der Waals surface area contributed by atoms with Gasteiger partial charge in [-0.25, -0.2) is 4.39 Å². The molecule has 0 spiro atoms. The topological polar surface area (TPSA) is 40.5 Å². The molecule has 2 aromatic carbocycles. The third-order valence-corrected chi connectivity index (χ3v) is 3.90. The average Bonchev–Trinajstić information content (AvgIpc) is 2.72. The molecule has 1 amide bonds. The Balaban J connectivity index is 1.79. The summed E-state index contributed by atoms with van der Waals surface area (Å²) < 4.78 is 13.4. The number of benzene rings is 2. The number of phenolic OH excluding ortho intramolecular Hbond substituents is 1. The number of nitrogens with zero attached hydrogens (tertiary/aromatic N) is 1. The highest BCUT2D eigenvalue weighted by Gasteiger charge is 2.20. The summed E-state index contributed by atoms with van der Waals surface area (Å²) >= 11 is 0. The molecular weight excluding hydrogens is 269 g/mol. The van der Waals surface area contributed by atoms with Crippen LogP contribution in [0.3, 0.4) is 0 Å². The summed E-state index contributed by atoms with van der Waals surface area (Å²) in [6, 6.07) is 12.0. The van der Waals surface area contributed by atoms with Crippen molar-refractivity contribution in [2.75, 3.05) is 13.1 Å². The lowest BCUT2D eigenvalue weighted by atomic mass is 10.0. The van der Waals surface area contributed by atoms with Crippen LogP contribution in [0.25, 0.3) is 0 Å². The highest BCUT2D eigenvalue weighted by atomic mass is 19.1. The van der Waals surface area contributed by atoms with Crippen LogP contribution in [0.2, 0.25) is 0 Å². The summed E-state index contributed by atoms with van der Waals surface area (Å²) in [6.07, 6.45) is 1.62. The van der Waals surface area contributed by atoms with Crippen molar-refractivity contribution in [1.82, 2.24) is 4.90 Å². The molecular formula is C17H16FNO2. The highest BCUT2D eigenvalue weighted by Crippen LogP contribution is 2.20. The van der Waals surface area contributed by atoms with E-state index in [2.05, 4.69) is 12.1 Å². The van der Waals surface area contributed by atoms with E-state index in [1.807, 2.05) is 12.1 Å². The zero-order chi connectivity index (χ0) is 14.8. The summed E-state index contributed by atoms with van der Waals surface area (Å²) in [7, 11) is 0. The maximum absolute atomic E-state index is 13.4. The molecule has 0 unspecified atom stereocenters. The Kier molecular flexibility index (Phi) is 3.60. The minimum absolute atomic E-state index is 0.193. The fraction of sp³-hybridized carbons (Fsp3) is 0.235. The van der Waals surface area contributed by atoms with Crippen LogP contribution in [-0.4, -0.2) is 29.0 Å². The van der Waals surface area contributed by atoms with Gasteiger partial charge in [-0.15, -0.1) is 0 Å². The molecule has 0 saturated carbocycles. The van der Waals surface area contributed by atoms with E-state index in [9.17, 15) is 14.3 Å². The third kappa shape index (κ3) is 2.75. The van der Waals surface area contributed by atoms with Crippen molar-refractivity contribution in [2.24, 2.45) is 0 Å². The molecule has 4 heteroatoms. The fourth-order valence-electron chi connectivity index (χ4n) is 2.69.